The summed E-state index contributed by atoms with van der Waals surface area (Å²) in [7, 11) is 0. The molecule has 0 saturated heterocycles. The van der Waals surface area contributed by atoms with Crippen molar-refractivity contribution in [1.29, 1.82) is 5.26 Å². The molecule has 1 aliphatic carbocycles. The van der Waals surface area contributed by atoms with E-state index in [0.717, 1.165) is 31.2 Å². The lowest BCUT2D eigenvalue weighted by Gasteiger charge is -2.28. The Kier molecular flexibility index (Phi) is 7.58. The molecule has 5 N–H and O–H groups in total. The zero-order chi connectivity index (χ0) is 24.8. The Morgan fingerprint density at radius 2 is 1.89 bits per heavy atom. The highest BCUT2D eigenvalue weighted by atomic mass is 16.4. The molecule has 1 amide bonds. The normalized spacial score (nSPS) is 18.4. The number of nitrogens with one attached hydrogen (secondary N) is 2. The number of carboxylic acids is 1. The van der Waals surface area contributed by atoms with Crippen molar-refractivity contribution in [3.63, 3.8) is 0 Å². The molecule has 1 fully saturated rings. The molecule has 1 atom stereocenters. The van der Waals surface area contributed by atoms with E-state index in [-0.39, 0.29) is 23.0 Å². The van der Waals surface area contributed by atoms with E-state index in [9.17, 15) is 20.0 Å². The van der Waals surface area contributed by atoms with Gasteiger partial charge >= 0.3 is 5.97 Å². The number of carbonyl (C=O) groups excluding carboxylic acids is 1. The van der Waals surface area contributed by atoms with Crippen LogP contribution < -0.4 is 11.1 Å². The van der Waals surface area contributed by atoms with Gasteiger partial charge < -0.3 is 21.1 Å². The largest absolute Gasteiger partial charge is 0.478 e. The maximum absolute atomic E-state index is 13.2. The van der Waals surface area contributed by atoms with Crippen LogP contribution in [0.4, 0.5) is 0 Å². The maximum atomic E-state index is 13.2. The van der Waals surface area contributed by atoms with Crippen LogP contribution in [0.3, 0.4) is 0 Å². The first-order valence-corrected chi connectivity index (χ1v) is 11.9. The number of nitrogens with two attached hydrogens (primary N) is 1. The van der Waals surface area contributed by atoms with Crippen molar-refractivity contribution in [2.45, 2.75) is 38.1 Å². The number of carbonyl (C=O) groups is 2. The zero-order valence-electron chi connectivity index (χ0n) is 19.4. The van der Waals surface area contributed by atoms with Crippen molar-refractivity contribution in [2.75, 3.05) is 6.54 Å². The third-order valence-electron chi connectivity index (χ3n) is 6.77. The quantitative estimate of drug-likeness (QED) is 0.393. The van der Waals surface area contributed by atoms with Gasteiger partial charge in [0, 0.05) is 11.5 Å². The van der Waals surface area contributed by atoms with E-state index in [4.69, 9.17) is 5.73 Å². The molecular formula is C27H29N5O3. The molecular weight excluding hydrogens is 442 g/mol. The van der Waals surface area contributed by atoms with Crippen molar-refractivity contribution < 1.29 is 14.7 Å². The van der Waals surface area contributed by atoms with Crippen LogP contribution in [0.15, 0.2) is 54.7 Å². The molecule has 1 aliphatic rings. The number of aromatic amines is 1. The number of aromatic nitrogens is 2. The molecule has 0 aliphatic heterocycles. The number of carboxylic acid groups (broad SMARTS) is 1. The molecule has 1 heterocycles. The van der Waals surface area contributed by atoms with E-state index < -0.39 is 12.0 Å². The smallest absolute Gasteiger partial charge is 0.337 e. The Balaban J connectivity index is 1.60. The van der Waals surface area contributed by atoms with Gasteiger partial charge in [-0.1, -0.05) is 42.5 Å². The van der Waals surface area contributed by atoms with Gasteiger partial charge in [-0.2, -0.15) is 5.26 Å². The second kappa shape index (κ2) is 11.0. The number of nitrogens with zero attached hydrogens (tertiary/aromatic N) is 2. The van der Waals surface area contributed by atoms with Crippen molar-refractivity contribution in [2.24, 2.45) is 17.6 Å². The van der Waals surface area contributed by atoms with Gasteiger partial charge in [0.15, 0.2) is 0 Å². The first-order valence-electron chi connectivity index (χ1n) is 11.9. The lowest BCUT2D eigenvalue weighted by Crippen LogP contribution is -2.37. The number of hydrogen-bond acceptors (Lipinski definition) is 5. The average molecular weight is 472 g/mol. The van der Waals surface area contributed by atoms with Crippen LogP contribution in [-0.4, -0.2) is 33.5 Å². The van der Waals surface area contributed by atoms with Gasteiger partial charge in [-0.3, -0.25) is 4.79 Å². The molecule has 1 saturated carbocycles. The maximum Gasteiger partial charge on any atom is 0.337 e. The van der Waals surface area contributed by atoms with Crippen molar-refractivity contribution in [3.8, 4) is 17.3 Å². The Labute approximate surface area is 204 Å². The SMILES string of the molecule is N#Cc1c(C(=O)O)cccc1-c1cnc([C@H](Cc2ccccc2)NC(=O)C2CCC(CN)CC2)[nH]1. The van der Waals surface area contributed by atoms with Gasteiger partial charge in [-0.25, -0.2) is 9.78 Å². The van der Waals surface area contributed by atoms with Crippen LogP contribution in [0, 0.1) is 23.2 Å². The fourth-order valence-electron chi connectivity index (χ4n) is 4.74. The highest BCUT2D eigenvalue weighted by Gasteiger charge is 2.28. The molecule has 0 unspecified atom stereocenters. The summed E-state index contributed by atoms with van der Waals surface area (Å²) in [5.74, 6) is -0.172. The van der Waals surface area contributed by atoms with E-state index in [0.29, 0.717) is 36.0 Å². The Bertz CT molecular complexity index is 1220. The Morgan fingerprint density at radius 3 is 2.54 bits per heavy atom. The molecule has 8 heteroatoms. The molecule has 0 spiro atoms. The highest BCUT2D eigenvalue weighted by molar-refractivity contribution is 5.93. The summed E-state index contributed by atoms with van der Waals surface area (Å²) in [6.45, 7) is 0.661. The fraction of sp³-hybridized carbons (Fsp3) is 0.333. The predicted molar refractivity (Wildman–Crippen MR) is 131 cm³/mol. The molecule has 0 radical (unpaired) electrons. The summed E-state index contributed by atoms with van der Waals surface area (Å²) < 4.78 is 0. The second-order valence-corrected chi connectivity index (χ2v) is 9.03. The average Bonchev–Trinajstić information content (AvgIpc) is 3.38. The molecule has 4 rings (SSSR count). The summed E-state index contributed by atoms with van der Waals surface area (Å²) >= 11 is 0. The van der Waals surface area contributed by atoms with Crippen molar-refractivity contribution in [3.05, 3.63) is 77.2 Å². The molecule has 180 valence electrons. The Morgan fingerprint density at radius 1 is 1.14 bits per heavy atom. The van der Waals surface area contributed by atoms with E-state index in [1.165, 1.54) is 6.07 Å². The molecule has 1 aromatic heterocycles. The van der Waals surface area contributed by atoms with Gasteiger partial charge in [0.05, 0.1) is 29.1 Å². The zero-order valence-corrected chi connectivity index (χ0v) is 19.4. The third-order valence-corrected chi connectivity index (χ3v) is 6.77. The van der Waals surface area contributed by atoms with E-state index >= 15 is 0 Å². The van der Waals surface area contributed by atoms with Crippen LogP contribution in [0.5, 0.6) is 0 Å². The van der Waals surface area contributed by atoms with Gasteiger partial charge in [-0.05, 0) is 56.2 Å². The topological polar surface area (TPSA) is 145 Å². The van der Waals surface area contributed by atoms with Crippen LogP contribution in [0.2, 0.25) is 0 Å². The van der Waals surface area contributed by atoms with Crippen molar-refractivity contribution in [1.82, 2.24) is 15.3 Å². The number of imidazole rings is 1. The lowest BCUT2D eigenvalue weighted by atomic mass is 9.81. The number of H-pyrrole nitrogens is 1. The van der Waals surface area contributed by atoms with Crippen molar-refractivity contribution >= 4 is 11.9 Å². The number of amides is 1. The molecule has 35 heavy (non-hydrogen) atoms. The van der Waals surface area contributed by atoms with E-state index in [1.807, 2.05) is 36.4 Å². The number of rotatable bonds is 8. The number of benzene rings is 2. The molecule has 3 aromatic rings. The number of aromatic carboxylic acids is 1. The number of nitriles is 1. The van der Waals surface area contributed by atoms with Crippen LogP contribution in [0.25, 0.3) is 11.3 Å². The summed E-state index contributed by atoms with van der Waals surface area (Å²) in [5.41, 5.74) is 7.83. The monoisotopic (exact) mass is 471 g/mol. The first kappa shape index (κ1) is 24.2. The molecule has 0 bridgehead atoms. The standard InChI is InChI=1S/C27H29N5O3/c28-14-18-9-11-19(12-10-18)26(33)32-23(13-17-5-2-1-3-6-17)25-30-16-24(31-25)20-7-4-8-21(27(34)35)22(20)15-29/h1-8,16,18-19,23H,9-14,28H2,(H,30,31)(H,32,33)(H,34,35)/t18?,19?,23-/m0/s1. The predicted octanol–water partition coefficient (Wildman–Crippen LogP) is 3.81. The minimum Gasteiger partial charge on any atom is -0.478 e. The third kappa shape index (κ3) is 5.58. The van der Waals surface area contributed by atoms with E-state index in [2.05, 4.69) is 15.3 Å². The fourth-order valence-corrected chi connectivity index (χ4v) is 4.74. The minimum atomic E-state index is -1.17. The highest BCUT2D eigenvalue weighted by Crippen LogP contribution is 2.30. The molecule has 2 aromatic carbocycles. The minimum absolute atomic E-state index is 0.00458. The summed E-state index contributed by atoms with van der Waals surface area (Å²) in [6.07, 6.45) is 5.68. The van der Waals surface area contributed by atoms with Gasteiger partial charge in [0.25, 0.3) is 0 Å². The van der Waals surface area contributed by atoms with Gasteiger partial charge in [0.2, 0.25) is 5.91 Å². The van der Waals surface area contributed by atoms with Gasteiger partial charge in [0.1, 0.15) is 11.9 Å². The Hall–Kier alpha value is -3.96. The number of hydrogen-bond donors (Lipinski definition) is 4. The van der Waals surface area contributed by atoms with Crippen LogP contribution in [0.1, 0.15) is 59.0 Å². The summed E-state index contributed by atoms with van der Waals surface area (Å²) in [5, 5.41) is 22.2. The van der Waals surface area contributed by atoms with Crippen LogP contribution >= 0.6 is 0 Å². The first-order chi connectivity index (χ1) is 17.0. The summed E-state index contributed by atoms with van der Waals surface area (Å²) in [4.78, 5) is 32.5. The molecule has 8 nitrogen and oxygen atoms in total. The van der Waals surface area contributed by atoms with Gasteiger partial charge in [-0.15, -0.1) is 0 Å². The summed E-state index contributed by atoms with van der Waals surface area (Å²) in [6, 6.07) is 16.1. The second-order valence-electron chi connectivity index (χ2n) is 9.03. The van der Waals surface area contributed by atoms with Crippen LogP contribution in [-0.2, 0) is 11.2 Å². The lowest BCUT2D eigenvalue weighted by molar-refractivity contribution is -0.127. The van der Waals surface area contributed by atoms with E-state index in [1.54, 1.807) is 18.3 Å².